The number of hydrogen-bond acceptors (Lipinski definition) is 3. The van der Waals surface area contributed by atoms with Crippen molar-refractivity contribution in [3.8, 4) is 0 Å². The highest BCUT2D eigenvalue weighted by Gasteiger charge is 2.46. The molecule has 0 amide bonds. The minimum absolute atomic E-state index is 0.343. The van der Waals surface area contributed by atoms with E-state index in [0.717, 1.165) is 18.4 Å². The Hall–Kier alpha value is -0.120. The van der Waals surface area contributed by atoms with Crippen LogP contribution in [0.15, 0.2) is 0 Å². The SMILES string of the molecule is CCN1CCC(CN)(N2CC3CCCC3C2)CC1. The Kier molecular flexibility index (Phi) is 3.65. The smallest absolute Gasteiger partial charge is 0.0356 e. The van der Waals surface area contributed by atoms with Crippen LogP contribution in [0.2, 0.25) is 0 Å². The largest absolute Gasteiger partial charge is 0.329 e. The van der Waals surface area contributed by atoms with Crippen LogP contribution in [-0.2, 0) is 0 Å². The van der Waals surface area contributed by atoms with E-state index in [9.17, 15) is 0 Å². The van der Waals surface area contributed by atoms with Crippen LogP contribution in [0.25, 0.3) is 0 Å². The summed E-state index contributed by atoms with van der Waals surface area (Å²) in [5.41, 5.74) is 6.54. The molecule has 0 aromatic carbocycles. The highest BCUT2D eigenvalue weighted by molar-refractivity contribution is 5.01. The van der Waals surface area contributed by atoms with E-state index in [1.165, 1.54) is 64.8 Å². The minimum Gasteiger partial charge on any atom is -0.329 e. The first-order valence-electron chi connectivity index (χ1n) is 7.95. The molecule has 3 aliphatic rings. The summed E-state index contributed by atoms with van der Waals surface area (Å²) in [4.78, 5) is 5.36. The zero-order valence-electron chi connectivity index (χ0n) is 11.9. The van der Waals surface area contributed by atoms with Crippen molar-refractivity contribution in [2.24, 2.45) is 17.6 Å². The molecule has 2 aliphatic heterocycles. The van der Waals surface area contributed by atoms with Crippen molar-refractivity contribution in [3.05, 3.63) is 0 Å². The number of nitrogens with zero attached hydrogens (tertiary/aromatic N) is 2. The Morgan fingerprint density at radius 2 is 1.72 bits per heavy atom. The number of nitrogens with two attached hydrogens (primary N) is 1. The van der Waals surface area contributed by atoms with E-state index in [2.05, 4.69) is 16.7 Å². The molecule has 1 aliphatic carbocycles. The third kappa shape index (κ3) is 2.10. The molecule has 3 rings (SSSR count). The Morgan fingerprint density at radius 1 is 1.11 bits per heavy atom. The zero-order chi connectivity index (χ0) is 12.6. The van der Waals surface area contributed by atoms with Gasteiger partial charge in [0.15, 0.2) is 0 Å². The van der Waals surface area contributed by atoms with Gasteiger partial charge in [0, 0.05) is 25.2 Å². The standard InChI is InChI=1S/C15H29N3/c1-2-17-8-6-15(12-16,7-9-17)18-10-13-4-3-5-14(13)11-18/h13-14H,2-12,16H2,1H3. The summed E-state index contributed by atoms with van der Waals surface area (Å²) < 4.78 is 0. The Labute approximate surface area is 112 Å². The van der Waals surface area contributed by atoms with Gasteiger partial charge in [-0.1, -0.05) is 13.3 Å². The summed E-state index contributed by atoms with van der Waals surface area (Å²) in [6.07, 6.45) is 7.00. The molecule has 0 radical (unpaired) electrons. The lowest BCUT2D eigenvalue weighted by Crippen LogP contribution is -2.58. The van der Waals surface area contributed by atoms with Crippen LogP contribution < -0.4 is 5.73 Å². The molecule has 0 spiro atoms. The molecular formula is C15H29N3. The van der Waals surface area contributed by atoms with Crippen LogP contribution >= 0.6 is 0 Å². The predicted octanol–water partition coefficient (Wildman–Crippen LogP) is 1.53. The average molecular weight is 251 g/mol. The molecule has 2 unspecified atom stereocenters. The summed E-state index contributed by atoms with van der Waals surface area (Å²) in [5.74, 6) is 2.00. The van der Waals surface area contributed by atoms with Crippen LogP contribution in [0.1, 0.15) is 39.0 Å². The maximum absolute atomic E-state index is 6.20. The Bertz CT molecular complexity index is 271. The van der Waals surface area contributed by atoms with Crippen LogP contribution in [0.3, 0.4) is 0 Å². The number of likely N-dealkylation sites (tertiary alicyclic amines) is 2. The first-order valence-corrected chi connectivity index (χ1v) is 7.95. The van der Waals surface area contributed by atoms with Gasteiger partial charge in [0.2, 0.25) is 0 Å². The third-order valence-electron chi connectivity index (χ3n) is 6.01. The minimum atomic E-state index is 0.343. The van der Waals surface area contributed by atoms with E-state index in [-0.39, 0.29) is 0 Å². The number of piperidine rings is 1. The molecular weight excluding hydrogens is 222 g/mol. The van der Waals surface area contributed by atoms with Crippen LogP contribution in [0.5, 0.6) is 0 Å². The molecule has 0 aromatic heterocycles. The monoisotopic (exact) mass is 251 g/mol. The Balaban J connectivity index is 1.66. The van der Waals surface area contributed by atoms with Crippen molar-refractivity contribution >= 4 is 0 Å². The molecule has 2 N–H and O–H groups in total. The lowest BCUT2D eigenvalue weighted by molar-refractivity contribution is 0.0397. The van der Waals surface area contributed by atoms with Crippen molar-refractivity contribution in [2.75, 3.05) is 39.3 Å². The summed E-state index contributed by atoms with van der Waals surface area (Å²) >= 11 is 0. The molecule has 1 saturated carbocycles. The van der Waals surface area contributed by atoms with Crippen molar-refractivity contribution in [1.29, 1.82) is 0 Å². The maximum atomic E-state index is 6.20. The molecule has 2 saturated heterocycles. The van der Waals surface area contributed by atoms with Crippen LogP contribution in [0, 0.1) is 11.8 Å². The van der Waals surface area contributed by atoms with Crippen molar-refractivity contribution in [3.63, 3.8) is 0 Å². The fourth-order valence-electron chi connectivity index (χ4n) is 4.56. The zero-order valence-corrected chi connectivity index (χ0v) is 11.9. The second-order valence-corrected chi connectivity index (χ2v) is 6.72. The lowest BCUT2D eigenvalue weighted by atomic mass is 9.85. The molecule has 2 heterocycles. The third-order valence-corrected chi connectivity index (χ3v) is 6.01. The van der Waals surface area contributed by atoms with Gasteiger partial charge in [0.1, 0.15) is 0 Å². The molecule has 104 valence electrons. The van der Waals surface area contributed by atoms with E-state index < -0.39 is 0 Å². The first kappa shape index (κ1) is 12.9. The van der Waals surface area contributed by atoms with Crippen LogP contribution in [0.4, 0.5) is 0 Å². The lowest BCUT2D eigenvalue weighted by Gasteiger charge is -2.47. The molecule has 3 fully saturated rings. The second-order valence-electron chi connectivity index (χ2n) is 6.72. The summed E-state index contributed by atoms with van der Waals surface area (Å²) in [5, 5.41) is 0. The molecule has 3 heteroatoms. The van der Waals surface area contributed by atoms with E-state index in [1.807, 2.05) is 0 Å². The number of hydrogen-bond donors (Lipinski definition) is 1. The van der Waals surface area contributed by atoms with Gasteiger partial charge in [0.25, 0.3) is 0 Å². The molecule has 2 atom stereocenters. The van der Waals surface area contributed by atoms with Gasteiger partial charge in [-0.05, 0) is 57.2 Å². The van der Waals surface area contributed by atoms with Gasteiger partial charge in [0.05, 0.1) is 0 Å². The fourth-order valence-corrected chi connectivity index (χ4v) is 4.56. The quantitative estimate of drug-likeness (QED) is 0.826. The van der Waals surface area contributed by atoms with Gasteiger partial charge >= 0.3 is 0 Å². The highest BCUT2D eigenvalue weighted by Crippen LogP contribution is 2.42. The molecule has 0 aromatic rings. The van der Waals surface area contributed by atoms with Gasteiger partial charge < -0.3 is 10.6 Å². The van der Waals surface area contributed by atoms with Crippen molar-refractivity contribution in [2.45, 2.75) is 44.6 Å². The number of fused-ring (bicyclic) bond motifs is 1. The topological polar surface area (TPSA) is 32.5 Å². The van der Waals surface area contributed by atoms with Gasteiger partial charge in [-0.15, -0.1) is 0 Å². The predicted molar refractivity (Wildman–Crippen MR) is 75.5 cm³/mol. The summed E-state index contributed by atoms with van der Waals surface area (Å²) in [6, 6.07) is 0. The summed E-state index contributed by atoms with van der Waals surface area (Å²) in [6.45, 7) is 9.52. The highest BCUT2D eigenvalue weighted by atomic mass is 15.3. The van der Waals surface area contributed by atoms with Gasteiger partial charge in [-0.2, -0.15) is 0 Å². The first-order chi connectivity index (χ1) is 8.77. The normalized spacial score (nSPS) is 37.0. The van der Waals surface area contributed by atoms with E-state index in [0.29, 0.717) is 5.54 Å². The average Bonchev–Trinajstić information content (AvgIpc) is 3.00. The molecule has 0 bridgehead atoms. The molecule has 3 nitrogen and oxygen atoms in total. The molecule has 18 heavy (non-hydrogen) atoms. The number of rotatable bonds is 3. The summed E-state index contributed by atoms with van der Waals surface area (Å²) in [7, 11) is 0. The fraction of sp³-hybridized carbons (Fsp3) is 1.00. The van der Waals surface area contributed by atoms with Gasteiger partial charge in [-0.25, -0.2) is 0 Å². The van der Waals surface area contributed by atoms with E-state index >= 15 is 0 Å². The van der Waals surface area contributed by atoms with Crippen molar-refractivity contribution in [1.82, 2.24) is 9.80 Å². The van der Waals surface area contributed by atoms with Crippen LogP contribution in [-0.4, -0.2) is 54.6 Å². The van der Waals surface area contributed by atoms with E-state index in [1.54, 1.807) is 0 Å². The second kappa shape index (κ2) is 5.10. The van der Waals surface area contributed by atoms with Gasteiger partial charge in [-0.3, -0.25) is 4.90 Å². The van der Waals surface area contributed by atoms with Crippen molar-refractivity contribution < 1.29 is 0 Å². The maximum Gasteiger partial charge on any atom is 0.0356 e. The van der Waals surface area contributed by atoms with E-state index in [4.69, 9.17) is 5.73 Å². The Morgan fingerprint density at radius 3 is 2.22 bits per heavy atom.